The van der Waals surface area contributed by atoms with Gasteiger partial charge >= 0.3 is 0 Å². The lowest BCUT2D eigenvalue weighted by Gasteiger charge is -2.34. The fraction of sp³-hybridized carbons (Fsp3) is 0.500. The summed E-state index contributed by atoms with van der Waals surface area (Å²) in [5.41, 5.74) is 6.45. The Hall–Kier alpha value is -1.35. The van der Waals surface area contributed by atoms with Gasteiger partial charge in [-0.3, -0.25) is 9.69 Å². The van der Waals surface area contributed by atoms with E-state index < -0.39 is 0 Å². The third-order valence-corrected chi connectivity index (χ3v) is 4.15. The van der Waals surface area contributed by atoms with Crippen LogP contribution >= 0.6 is 11.3 Å². The normalized spacial score (nSPS) is 19.7. The molecule has 1 aromatic heterocycles. The number of hydrogen-bond acceptors (Lipinski definition) is 4. The Kier molecular flexibility index (Phi) is 4.97. The van der Waals surface area contributed by atoms with Gasteiger partial charge in [0.05, 0.1) is 12.6 Å². The van der Waals surface area contributed by atoms with Gasteiger partial charge in [0, 0.05) is 30.1 Å². The van der Waals surface area contributed by atoms with Crippen LogP contribution in [0.25, 0.3) is 0 Å². The Balaban J connectivity index is 2.11. The van der Waals surface area contributed by atoms with Crippen LogP contribution in [-0.2, 0) is 11.3 Å². The molecule has 1 atom stereocenters. The van der Waals surface area contributed by atoms with Crippen LogP contribution in [0.5, 0.6) is 0 Å². The number of nitrogens with two attached hydrogens (primary N) is 1. The van der Waals surface area contributed by atoms with Crippen LogP contribution in [0, 0.1) is 11.8 Å². The zero-order valence-corrected chi connectivity index (χ0v) is 11.9. The molecule has 1 unspecified atom stereocenters. The summed E-state index contributed by atoms with van der Waals surface area (Å²) in [6.07, 6.45) is 0.834. The van der Waals surface area contributed by atoms with E-state index in [-0.39, 0.29) is 11.9 Å². The number of rotatable bonds is 3. The molecule has 0 bridgehead atoms. The van der Waals surface area contributed by atoms with Crippen LogP contribution in [0.4, 0.5) is 0 Å². The van der Waals surface area contributed by atoms with Crippen molar-refractivity contribution in [3.63, 3.8) is 0 Å². The fourth-order valence-corrected chi connectivity index (χ4v) is 3.15. The van der Waals surface area contributed by atoms with Crippen molar-refractivity contribution in [1.29, 1.82) is 0 Å². The summed E-state index contributed by atoms with van der Waals surface area (Å²) in [6, 6.07) is 2.00. The molecule has 19 heavy (non-hydrogen) atoms. The third-order valence-electron chi connectivity index (χ3n) is 3.25. The molecule has 1 aromatic rings. The Morgan fingerprint density at radius 1 is 1.63 bits per heavy atom. The zero-order chi connectivity index (χ0) is 13.7. The van der Waals surface area contributed by atoms with E-state index >= 15 is 0 Å². The maximum absolute atomic E-state index is 11.8. The molecule has 0 saturated carbocycles. The van der Waals surface area contributed by atoms with Crippen LogP contribution in [0.1, 0.15) is 23.8 Å². The molecule has 4 nitrogen and oxygen atoms in total. The van der Waals surface area contributed by atoms with E-state index in [1.807, 2.05) is 18.4 Å². The van der Waals surface area contributed by atoms with Gasteiger partial charge in [-0.25, -0.2) is 0 Å². The van der Waals surface area contributed by atoms with Gasteiger partial charge in [0.2, 0.25) is 5.91 Å². The van der Waals surface area contributed by atoms with Crippen molar-refractivity contribution in [3.8, 4) is 11.8 Å². The highest BCUT2D eigenvalue weighted by Crippen LogP contribution is 2.21. The van der Waals surface area contributed by atoms with Crippen LogP contribution in [0.2, 0.25) is 0 Å². The van der Waals surface area contributed by atoms with Gasteiger partial charge in [0.1, 0.15) is 0 Å². The quantitative estimate of drug-likeness (QED) is 0.802. The van der Waals surface area contributed by atoms with Crippen molar-refractivity contribution in [1.82, 2.24) is 10.2 Å². The molecule has 1 fully saturated rings. The highest BCUT2D eigenvalue weighted by Gasteiger charge is 2.28. The standard InChI is InChI=1S/C14H19N3OS/c1-2-12-14(18)16-7-8-17(12)10-13-11(4-3-6-15)5-9-19-13/h5,9,12H,2,6-8,10,15H2,1H3,(H,16,18). The molecule has 0 aromatic carbocycles. The molecule has 1 amide bonds. The van der Waals surface area contributed by atoms with Gasteiger partial charge in [-0.1, -0.05) is 18.8 Å². The summed E-state index contributed by atoms with van der Waals surface area (Å²) in [6.45, 7) is 4.83. The van der Waals surface area contributed by atoms with E-state index in [0.29, 0.717) is 6.54 Å². The molecule has 0 aliphatic carbocycles. The van der Waals surface area contributed by atoms with E-state index in [1.165, 1.54) is 4.88 Å². The predicted molar refractivity (Wildman–Crippen MR) is 77.8 cm³/mol. The van der Waals surface area contributed by atoms with Crippen LogP contribution < -0.4 is 11.1 Å². The molecule has 0 spiro atoms. The second-order valence-corrected chi connectivity index (χ2v) is 5.45. The van der Waals surface area contributed by atoms with Gasteiger partial charge in [0.15, 0.2) is 0 Å². The molecule has 2 heterocycles. The first-order valence-electron chi connectivity index (χ1n) is 6.53. The topological polar surface area (TPSA) is 58.4 Å². The molecular formula is C14H19N3OS. The molecule has 1 saturated heterocycles. The first kappa shape index (κ1) is 14.1. The molecule has 5 heteroatoms. The number of thiophene rings is 1. The number of nitrogens with zero attached hydrogens (tertiary/aromatic N) is 1. The number of carbonyl (C=O) groups is 1. The Labute approximate surface area is 118 Å². The average Bonchev–Trinajstić information content (AvgIpc) is 2.84. The molecular weight excluding hydrogens is 258 g/mol. The van der Waals surface area contributed by atoms with Crippen molar-refractivity contribution in [2.24, 2.45) is 5.73 Å². The molecule has 1 aliphatic rings. The van der Waals surface area contributed by atoms with E-state index in [9.17, 15) is 4.79 Å². The average molecular weight is 277 g/mol. The van der Waals surface area contributed by atoms with Crippen molar-refractivity contribution in [2.45, 2.75) is 25.9 Å². The number of hydrogen-bond donors (Lipinski definition) is 2. The number of amides is 1. The van der Waals surface area contributed by atoms with Crippen molar-refractivity contribution < 1.29 is 4.79 Å². The summed E-state index contributed by atoms with van der Waals surface area (Å²) < 4.78 is 0. The molecule has 102 valence electrons. The maximum atomic E-state index is 11.8. The SMILES string of the molecule is CCC1C(=O)NCCN1Cc1sccc1C#CCN. The monoisotopic (exact) mass is 277 g/mol. The molecule has 3 N–H and O–H groups in total. The minimum absolute atomic E-state index is 0.0221. The van der Waals surface area contributed by atoms with Crippen LogP contribution in [0.3, 0.4) is 0 Å². The Morgan fingerprint density at radius 2 is 2.47 bits per heavy atom. The first-order chi connectivity index (χ1) is 9.26. The molecule has 2 rings (SSSR count). The fourth-order valence-electron chi connectivity index (χ4n) is 2.30. The van der Waals surface area contributed by atoms with E-state index in [0.717, 1.165) is 31.6 Å². The third kappa shape index (κ3) is 3.35. The largest absolute Gasteiger partial charge is 0.353 e. The minimum atomic E-state index is -0.0221. The van der Waals surface area contributed by atoms with Gasteiger partial charge in [0.25, 0.3) is 0 Å². The lowest BCUT2D eigenvalue weighted by atomic mass is 10.1. The maximum Gasteiger partial charge on any atom is 0.237 e. The van der Waals surface area contributed by atoms with Crippen molar-refractivity contribution >= 4 is 17.2 Å². The smallest absolute Gasteiger partial charge is 0.237 e. The van der Waals surface area contributed by atoms with Crippen molar-refractivity contribution in [3.05, 3.63) is 21.9 Å². The Morgan fingerprint density at radius 3 is 3.21 bits per heavy atom. The Bertz CT molecular complexity index is 500. The highest BCUT2D eigenvalue weighted by molar-refractivity contribution is 7.10. The lowest BCUT2D eigenvalue weighted by Crippen LogP contribution is -2.54. The second-order valence-electron chi connectivity index (χ2n) is 4.45. The van der Waals surface area contributed by atoms with Crippen LogP contribution in [0.15, 0.2) is 11.4 Å². The van der Waals surface area contributed by atoms with E-state index in [2.05, 4.69) is 22.1 Å². The van der Waals surface area contributed by atoms with Crippen molar-refractivity contribution in [2.75, 3.05) is 19.6 Å². The van der Waals surface area contributed by atoms with Gasteiger partial charge in [-0.15, -0.1) is 11.3 Å². The van der Waals surface area contributed by atoms with Gasteiger partial charge < -0.3 is 11.1 Å². The van der Waals surface area contributed by atoms with Crippen LogP contribution in [-0.4, -0.2) is 36.5 Å². The highest BCUT2D eigenvalue weighted by atomic mass is 32.1. The minimum Gasteiger partial charge on any atom is -0.353 e. The van der Waals surface area contributed by atoms with E-state index in [1.54, 1.807) is 11.3 Å². The number of carbonyl (C=O) groups excluding carboxylic acids is 1. The predicted octanol–water partition coefficient (Wildman–Crippen LogP) is 0.769. The molecule has 0 radical (unpaired) electrons. The zero-order valence-electron chi connectivity index (χ0n) is 11.1. The van der Waals surface area contributed by atoms with Gasteiger partial charge in [-0.2, -0.15) is 0 Å². The summed E-state index contributed by atoms with van der Waals surface area (Å²) in [4.78, 5) is 15.3. The second kappa shape index (κ2) is 6.71. The van der Waals surface area contributed by atoms with E-state index in [4.69, 9.17) is 5.73 Å². The summed E-state index contributed by atoms with van der Waals surface area (Å²) >= 11 is 1.69. The summed E-state index contributed by atoms with van der Waals surface area (Å²) in [5, 5.41) is 4.96. The number of piperazine rings is 1. The number of nitrogens with one attached hydrogen (secondary N) is 1. The lowest BCUT2D eigenvalue weighted by molar-refractivity contribution is -0.129. The summed E-state index contributed by atoms with van der Waals surface area (Å²) in [5.74, 6) is 6.12. The summed E-state index contributed by atoms with van der Waals surface area (Å²) in [7, 11) is 0. The first-order valence-corrected chi connectivity index (χ1v) is 7.41. The van der Waals surface area contributed by atoms with Gasteiger partial charge in [-0.05, 0) is 17.9 Å². The molecule has 1 aliphatic heterocycles.